The van der Waals surface area contributed by atoms with Crippen LogP contribution in [-0.4, -0.2) is 43.4 Å². The first-order valence-electron chi connectivity index (χ1n) is 7.71. The molecule has 0 bridgehead atoms. The molecule has 1 heterocycles. The molecule has 0 aliphatic carbocycles. The highest BCUT2D eigenvalue weighted by atomic mass is 28.3. The molecule has 0 atom stereocenters. The number of aromatic nitrogens is 2. The van der Waals surface area contributed by atoms with E-state index in [4.69, 9.17) is 9.47 Å². The second-order valence-electron chi connectivity index (χ2n) is 5.92. The maximum absolute atomic E-state index is 12.0. The number of H-pyrrole nitrogens is 1. The number of ether oxygens (including phenoxy) is 2. The number of hydrogen-bond acceptors (Lipinski definition) is 5. The molecular weight excluding hydrogens is 312 g/mol. The van der Waals surface area contributed by atoms with Crippen LogP contribution >= 0.6 is 0 Å². The van der Waals surface area contributed by atoms with Gasteiger partial charge in [-0.1, -0.05) is 19.6 Å². The van der Waals surface area contributed by atoms with Crippen molar-refractivity contribution < 1.29 is 19.1 Å². The van der Waals surface area contributed by atoms with Crippen LogP contribution in [0.4, 0.5) is 0 Å². The minimum Gasteiger partial charge on any atom is -0.461 e. The normalized spacial score (nSPS) is 10.7. The van der Waals surface area contributed by atoms with Gasteiger partial charge in [0.1, 0.15) is 13.8 Å². The van der Waals surface area contributed by atoms with Crippen molar-refractivity contribution in [1.29, 1.82) is 0 Å². The lowest BCUT2D eigenvalue weighted by Gasteiger charge is -2.05. The minimum atomic E-state index is -1.44. The van der Waals surface area contributed by atoms with Crippen LogP contribution < -0.4 is 0 Å². The van der Waals surface area contributed by atoms with Crippen LogP contribution in [0.2, 0.25) is 19.6 Å². The molecule has 0 fully saturated rings. The number of nitrogens with zero attached hydrogens (tertiary/aromatic N) is 1. The molecule has 126 valence electrons. The molecule has 0 amide bonds. The van der Waals surface area contributed by atoms with Crippen LogP contribution in [0.25, 0.3) is 0 Å². The fourth-order valence-corrected chi connectivity index (χ4v) is 2.52. The van der Waals surface area contributed by atoms with Crippen molar-refractivity contribution in [2.45, 2.75) is 46.3 Å². The maximum atomic E-state index is 12.0. The number of carbonyl (C=O) groups excluding carboxylic acids is 2. The Kier molecular flexibility index (Phi) is 7.04. The van der Waals surface area contributed by atoms with Gasteiger partial charge in [-0.25, -0.2) is 9.59 Å². The summed E-state index contributed by atoms with van der Waals surface area (Å²) in [7, 11) is -1.44. The SMILES string of the molecule is CCOC(=O)c1n[nH]c(C(=O)OCC)c1CCC#C[Si](C)(C)C. The average Bonchev–Trinajstić information content (AvgIpc) is 2.87. The van der Waals surface area contributed by atoms with Gasteiger partial charge in [0.2, 0.25) is 0 Å². The Balaban J connectivity index is 3.02. The highest BCUT2D eigenvalue weighted by Gasteiger charge is 2.24. The average molecular weight is 336 g/mol. The van der Waals surface area contributed by atoms with Crippen molar-refractivity contribution in [2.24, 2.45) is 0 Å². The van der Waals surface area contributed by atoms with Gasteiger partial charge in [-0.3, -0.25) is 5.10 Å². The molecule has 0 aliphatic heterocycles. The van der Waals surface area contributed by atoms with Gasteiger partial charge < -0.3 is 9.47 Å². The van der Waals surface area contributed by atoms with Gasteiger partial charge in [-0.2, -0.15) is 5.10 Å². The van der Waals surface area contributed by atoms with Crippen molar-refractivity contribution in [3.8, 4) is 11.5 Å². The number of hydrogen-bond donors (Lipinski definition) is 1. The summed E-state index contributed by atoms with van der Waals surface area (Å²) in [6.07, 6.45) is 0.985. The predicted molar refractivity (Wildman–Crippen MR) is 89.9 cm³/mol. The third-order valence-electron chi connectivity index (χ3n) is 2.78. The summed E-state index contributed by atoms with van der Waals surface area (Å²) in [5.41, 5.74) is 4.09. The summed E-state index contributed by atoms with van der Waals surface area (Å²) in [6.45, 7) is 10.4. The van der Waals surface area contributed by atoms with Gasteiger partial charge in [0.05, 0.1) is 13.2 Å². The topological polar surface area (TPSA) is 81.3 Å². The van der Waals surface area contributed by atoms with E-state index in [9.17, 15) is 9.59 Å². The highest BCUT2D eigenvalue weighted by molar-refractivity contribution is 6.83. The van der Waals surface area contributed by atoms with E-state index in [1.165, 1.54) is 0 Å². The number of aromatic amines is 1. The Bertz CT molecular complexity index is 585. The summed E-state index contributed by atoms with van der Waals surface area (Å²) in [6, 6.07) is 0. The van der Waals surface area contributed by atoms with E-state index >= 15 is 0 Å². The summed E-state index contributed by atoms with van der Waals surface area (Å²) < 4.78 is 9.97. The van der Waals surface area contributed by atoms with Crippen LogP contribution in [0.3, 0.4) is 0 Å². The van der Waals surface area contributed by atoms with Crippen LogP contribution in [0, 0.1) is 11.5 Å². The fourth-order valence-electron chi connectivity index (χ4n) is 1.86. The lowest BCUT2D eigenvalue weighted by molar-refractivity contribution is 0.0513. The Hall–Kier alpha value is -2.07. The first-order chi connectivity index (χ1) is 10.8. The van der Waals surface area contributed by atoms with E-state index in [-0.39, 0.29) is 24.6 Å². The number of rotatable bonds is 6. The molecular formula is C16H24N2O4Si. The standard InChI is InChI=1S/C16H24N2O4Si/c1-6-21-15(19)13-12(10-8-9-11-23(3,4)5)14(18-17-13)16(20)22-7-2/h6-8,10H2,1-5H3,(H,17,18). The lowest BCUT2D eigenvalue weighted by atomic mass is 10.1. The predicted octanol–water partition coefficient (Wildman–Crippen LogP) is 2.58. The van der Waals surface area contributed by atoms with Gasteiger partial charge in [0.15, 0.2) is 5.69 Å². The van der Waals surface area contributed by atoms with E-state index in [1.807, 2.05) is 0 Å². The Morgan fingerprint density at radius 1 is 1.13 bits per heavy atom. The third kappa shape index (κ3) is 5.91. The Morgan fingerprint density at radius 2 is 1.74 bits per heavy atom. The first-order valence-corrected chi connectivity index (χ1v) is 11.2. The number of esters is 2. The van der Waals surface area contributed by atoms with Crippen molar-refractivity contribution in [1.82, 2.24) is 10.2 Å². The highest BCUT2D eigenvalue weighted by Crippen LogP contribution is 2.16. The fraction of sp³-hybridized carbons (Fsp3) is 0.562. The van der Waals surface area contributed by atoms with Gasteiger partial charge >= 0.3 is 11.9 Å². The number of carbonyl (C=O) groups is 2. The number of nitrogens with one attached hydrogen (secondary N) is 1. The second-order valence-corrected chi connectivity index (χ2v) is 10.7. The molecule has 1 aromatic rings. The molecule has 0 aromatic carbocycles. The van der Waals surface area contributed by atoms with Gasteiger partial charge in [0.25, 0.3) is 0 Å². The van der Waals surface area contributed by atoms with Crippen LogP contribution in [0.5, 0.6) is 0 Å². The molecule has 23 heavy (non-hydrogen) atoms. The molecule has 7 heteroatoms. The smallest absolute Gasteiger partial charge is 0.359 e. The summed E-state index contributed by atoms with van der Waals surface area (Å²) in [4.78, 5) is 23.9. The van der Waals surface area contributed by atoms with Gasteiger partial charge in [-0.05, 0) is 20.3 Å². The molecule has 0 saturated heterocycles. The first kappa shape index (κ1) is 19.0. The molecule has 0 aliphatic rings. The molecule has 1 N–H and O–H groups in total. The Morgan fingerprint density at radius 3 is 2.30 bits per heavy atom. The van der Waals surface area contributed by atoms with Crippen LogP contribution in [0.1, 0.15) is 46.8 Å². The maximum Gasteiger partial charge on any atom is 0.359 e. The van der Waals surface area contributed by atoms with E-state index < -0.39 is 20.0 Å². The van der Waals surface area contributed by atoms with Crippen LogP contribution in [-0.2, 0) is 15.9 Å². The van der Waals surface area contributed by atoms with Crippen LogP contribution in [0.15, 0.2) is 0 Å². The zero-order chi connectivity index (χ0) is 17.5. The molecule has 0 saturated carbocycles. The van der Waals surface area contributed by atoms with Gasteiger partial charge in [0, 0.05) is 12.0 Å². The zero-order valence-corrected chi connectivity index (χ0v) is 15.4. The van der Waals surface area contributed by atoms with Crippen molar-refractivity contribution >= 4 is 20.0 Å². The monoisotopic (exact) mass is 336 g/mol. The molecule has 1 aromatic heterocycles. The zero-order valence-electron chi connectivity index (χ0n) is 14.4. The molecule has 0 spiro atoms. The minimum absolute atomic E-state index is 0.129. The summed E-state index contributed by atoms with van der Waals surface area (Å²) >= 11 is 0. The van der Waals surface area contributed by atoms with E-state index in [0.29, 0.717) is 18.4 Å². The van der Waals surface area contributed by atoms with E-state index in [1.54, 1.807) is 13.8 Å². The molecule has 6 nitrogen and oxygen atoms in total. The summed E-state index contributed by atoms with van der Waals surface area (Å²) in [5.74, 6) is 2.05. The van der Waals surface area contributed by atoms with Crippen molar-refractivity contribution in [3.63, 3.8) is 0 Å². The lowest BCUT2D eigenvalue weighted by Crippen LogP contribution is -2.16. The quantitative estimate of drug-likeness (QED) is 0.490. The van der Waals surface area contributed by atoms with Crippen molar-refractivity contribution in [2.75, 3.05) is 13.2 Å². The van der Waals surface area contributed by atoms with E-state index in [2.05, 4.69) is 41.3 Å². The van der Waals surface area contributed by atoms with Crippen molar-refractivity contribution in [3.05, 3.63) is 17.0 Å². The molecule has 0 radical (unpaired) electrons. The summed E-state index contributed by atoms with van der Waals surface area (Å²) in [5, 5.41) is 6.52. The second kappa shape index (κ2) is 8.53. The third-order valence-corrected chi connectivity index (χ3v) is 3.71. The largest absolute Gasteiger partial charge is 0.461 e. The van der Waals surface area contributed by atoms with Gasteiger partial charge in [-0.15, -0.1) is 11.5 Å². The van der Waals surface area contributed by atoms with E-state index in [0.717, 1.165) is 0 Å². The molecule has 0 unspecified atom stereocenters. The Labute approximate surface area is 138 Å². The molecule has 1 rings (SSSR count).